The molecular formula is C15H22F2IN3. The topological polar surface area (TPSA) is 36.4 Å². The molecule has 2 N–H and O–H groups in total. The van der Waals surface area contributed by atoms with Crippen molar-refractivity contribution < 1.29 is 8.78 Å². The Balaban J connectivity index is 0.00000220. The van der Waals surface area contributed by atoms with Gasteiger partial charge in [-0.05, 0) is 31.4 Å². The summed E-state index contributed by atoms with van der Waals surface area (Å²) < 4.78 is 26.9. The Labute approximate surface area is 141 Å². The standard InChI is InChI=1S/C15H21F2N3.HI/c1-18-15(20-11-5-2-3-6-11)19-10-9-12-13(16)7-4-8-14(12)17;/h4,7-8,11H,2-3,5-6,9-10H2,1H3,(H2,18,19,20);1H. The smallest absolute Gasteiger partial charge is 0.191 e. The van der Waals surface area contributed by atoms with Crippen LogP contribution in [0.1, 0.15) is 31.2 Å². The second-order valence-corrected chi connectivity index (χ2v) is 5.07. The van der Waals surface area contributed by atoms with Gasteiger partial charge in [0.2, 0.25) is 0 Å². The van der Waals surface area contributed by atoms with Crippen LogP contribution in [0.2, 0.25) is 0 Å². The number of benzene rings is 1. The molecule has 0 amide bonds. The van der Waals surface area contributed by atoms with Gasteiger partial charge >= 0.3 is 0 Å². The molecule has 0 saturated heterocycles. The third kappa shape index (κ3) is 5.41. The van der Waals surface area contributed by atoms with Gasteiger partial charge in [0.1, 0.15) is 11.6 Å². The Bertz CT molecular complexity index is 454. The average molecular weight is 409 g/mol. The SMILES string of the molecule is CN=C(NCCc1c(F)cccc1F)NC1CCCC1.I. The van der Waals surface area contributed by atoms with E-state index in [0.29, 0.717) is 25.0 Å². The fourth-order valence-electron chi connectivity index (χ4n) is 2.54. The average Bonchev–Trinajstić information content (AvgIpc) is 2.93. The predicted molar refractivity (Wildman–Crippen MR) is 92.2 cm³/mol. The minimum absolute atomic E-state index is 0. The largest absolute Gasteiger partial charge is 0.356 e. The van der Waals surface area contributed by atoms with Gasteiger partial charge < -0.3 is 10.6 Å². The number of rotatable bonds is 4. The highest BCUT2D eigenvalue weighted by atomic mass is 127. The van der Waals surface area contributed by atoms with Gasteiger partial charge in [-0.1, -0.05) is 18.9 Å². The Kier molecular flexibility index (Phi) is 7.92. The summed E-state index contributed by atoms with van der Waals surface area (Å²) in [6, 6.07) is 4.40. The van der Waals surface area contributed by atoms with E-state index in [-0.39, 0.29) is 29.5 Å². The molecule has 0 aliphatic heterocycles. The second kappa shape index (κ2) is 9.17. The molecule has 1 aromatic carbocycles. The summed E-state index contributed by atoms with van der Waals surface area (Å²) in [4.78, 5) is 4.13. The molecule has 21 heavy (non-hydrogen) atoms. The summed E-state index contributed by atoms with van der Waals surface area (Å²) in [7, 11) is 1.70. The van der Waals surface area contributed by atoms with E-state index in [2.05, 4.69) is 15.6 Å². The maximum Gasteiger partial charge on any atom is 0.191 e. The molecule has 6 heteroatoms. The molecule has 0 aromatic heterocycles. The minimum Gasteiger partial charge on any atom is -0.356 e. The Hall–Kier alpha value is -0.920. The van der Waals surface area contributed by atoms with Crippen molar-refractivity contribution in [1.29, 1.82) is 0 Å². The van der Waals surface area contributed by atoms with E-state index >= 15 is 0 Å². The molecule has 0 atom stereocenters. The Morgan fingerprint density at radius 1 is 1.24 bits per heavy atom. The third-order valence-electron chi connectivity index (χ3n) is 3.65. The van der Waals surface area contributed by atoms with Gasteiger partial charge in [0.25, 0.3) is 0 Å². The molecule has 118 valence electrons. The molecule has 3 nitrogen and oxygen atoms in total. The molecule has 0 radical (unpaired) electrons. The van der Waals surface area contributed by atoms with Crippen LogP contribution in [0.25, 0.3) is 0 Å². The van der Waals surface area contributed by atoms with E-state index in [1.807, 2.05) is 0 Å². The Morgan fingerprint density at radius 2 is 1.86 bits per heavy atom. The predicted octanol–water partition coefficient (Wildman–Crippen LogP) is 3.23. The molecule has 2 rings (SSSR count). The maximum absolute atomic E-state index is 13.5. The van der Waals surface area contributed by atoms with Crippen LogP contribution in [0.4, 0.5) is 8.78 Å². The number of hydrogen-bond donors (Lipinski definition) is 2. The molecule has 1 saturated carbocycles. The van der Waals surface area contributed by atoms with E-state index in [4.69, 9.17) is 0 Å². The van der Waals surface area contributed by atoms with Crippen molar-refractivity contribution in [2.45, 2.75) is 38.1 Å². The van der Waals surface area contributed by atoms with Gasteiger partial charge in [0, 0.05) is 25.2 Å². The van der Waals surface area contributed by atoms with E-state index in [9.17, 15) is 8.78 Å². The number of guanidine groups is 1. The monoisotopic (exact) mass is 409 g/mol. The van der Waals surface area contributed by atoms with Crippen LogP contribution in [-0.2, 0) is 6.42 Å². The Morgan fingerprint density at radius 3 is 2.43 bits per heavy atom. The number of halogens is 3. The van der Waals surface area contributed by atoms with Crippen LogP contribution >= 0.6 is 24.0 Å². The lowest BCUT2D eigenvalue weighted by atomic mass is 10.1. The van der Waals surface area contributed by atoms with Crippen molar-refractivity contribution in [3.8, 4) is 0 Å². The molecule has 0 bridgehead atoms. The number of aliphatic imine (C=N–C) groups is 1. The summed E-state index contributed by atoms with van der Waals surface area (Å²) in [5.74, 6) is -0.287. The summed E-state index contributed by atoms with van der Waals surface area (Å²) in [5, 5.41) is 6.44. The number of nitrogens with zero attached hydrogens (tertiary/aromatic N) is 1. The lowest BCUT2D eigenvalue weighted by Gasteiger charge is -2.17. The van der Waals surface area contributed by atoms with E-state index in [1.54, 1.807) is 7.05 Å². The highest BCUT2D eigenvalue weighted by Crippen LogP contribution is 2.17. The van der Waals surface area contributed by atoms with Crippen molar-refractivity contribution in [2.24, 2.45) is 4.99 Å². The second-order valence-electron chi connectivity index (χ2n) is 5.07. The zero-order valence-electron chi connectivity index (χ0n) is 12.2. The van der Waals surface area contributed by atoms with Crippen LogP contribution in [0.5, 0.6) is 0 Å². The first-order chi connectivity index (χ1) is 9.70. The molecule has 1 aliphatic rings. The van der Waals surface area contributed by atoms with Gasteiger partial charge in [-0.2, -0.15) is 0 Å². The summed E-state index contributed by atoms with van der Waals surface area (Å²) in [6.07, 6.45) is 5.10. The highest BCUT2D eigenvalue weighted by molar-refractivity contribution is 14.0. The fraction of sp³-hybridized carbons (Fsp3) is 0.533. The van der Waals surface area contributed by atoms with Crippen LogP contribution in [0.15, 0.2) is 23.2 Å². The molecule has 1 aliphatic carbocycles. The maximum atomic E-state index is 13.5. The fourth-order valence-corrected chi connectivity index (χ4v) is 2.54. The molecule has 1 aromatic rings. The molecule has 1 fully saturated rings. The first-order valence-electron chi connectivity index (χ1n) is 7.11. The number of hydrogen-bond acceptors (Lipinski definition) is 1. The molecule has 0 spiro atoms. The zero-order chi connectivity index (χ0) is 14.4. The van der Waals surface area contributed by atoms with Crippen molar-refractivity contribution in [1.82, 2.24) is 10.6 Å². The summed E-state index contributed by atoms with van der Waals surface area (Å²) >= 11 is 0. The molecule has 0 unspecified atom stereocenters. The van der Waals surface area contributed by atoms with Gasteiger partial charge in [0.05, 0.1) is 0 Å². The molecule has 0 heterocycles. The van der Waals surface area contributed by atoms with E-state index < -0.39 is 11.6 Å². The van der Waals surface area contributed by atoms with E-state index in [0.717, 1.165) is 12.8 Å². The van der Waals surface area contributed by atoms with E-state index in [1.165, 1.54) is 31.0 Å². The summed E-state index contributed by atoms with van der Waals surface area (Å²) in [6.45, 7) is 0.449. The van der Waals surface area contributed by atoms with Gasteiger partial charge in [-0.3, -0.25) is 4.99 Å². The third-order valence-corrected chi connectivity index (χ3v) is 3.65. The van der Waals surface area contributed by atoms with Crippen molar-refractivity contribution in [3.05, 3.63) is 35.4 Å². The lowest BCUT2D eigenvalue weighted by molar-refractivity contribution is 0.551. The van der Waals surface area contributed by atoms with Gasteiger partial charge in [-0.15, -0.1) is 24.0 Å². The first-order valence-corrected chi connectivity index (χ1v) is 7.11. The summed E-state index contributed by atoms with van der Waals surface area (Å²) in [5.41, 5.74) is 0.122. The van der Waals surface area contributed by atoms with Crippen LogP contribution in [0, 0.1) is 11.6 Å². The van der Waals surface area contributed by atoms with Crippen molar-refractivity contribution >= 4 is 29.9 Å². The van der Waals surface area contributed by atoms with Crippen molar-refractivity contribution in [2.75, 3.05) is 13.6 Å². The van der Waals surface area contributed by atoms with Gasteiger partial charge in [-0.25, -0.2) is 8.78 Å². The van der Waals surface area contributed by atoms with Crippen molar-refractivity contribution in [3.63, 3.8) is 0 Å². The normalized spacial score (nSPS) is 15.7. The highest BCUT2D eigenvalue weighted by Gasteiger charge is 2.16. The quantitative estimate of drug-likeness (QED) is 0.455. The number of nitrogens with one attached hydrogen (secondary N) is 2. The first kappa shape index (κ1) is 18.1. The molecular weight excluding hydrogens is 387 g/mol. The minimum atomic E-state index is -0.495. The lowest BCUT2D eigenvalue weighted by Crippen LogP contribution is -2.43. The zero-order valence-corrected chi connectivity index (χ0v) is 14.5. The van der Waals surface area contributed by atoms with Crippen LogP contribution in [0.3, 0.4) is 0 Å². The van der Waals surface area contributed by atoms with Crippen LogP contribution in [-0.4, -0.2) is 25.6 Å². The van der Waals surface area contributed by atoms with Crippen LogP contribution < -0.4 is 10.6 Å². The van der Waals surface area contributed by atoms with Gasteiger partial charge in [0.15, 0.2) is 5.96 Å².